The molecular weight excluding hydrogens is 273 g/mol. The second kappa shape index (κ2) is 6.74. The Morgan fingerprint density at radius 2 is 2.10 bits per heavy atom. The Hall–Kier alpha value is -2.56. The smallest absolute Gasteiger partial charge is 0.255 e. The predicted octanol–water partition coefficient (Wildman–Crippen LogP) is 2.51. The van der Waals surface area contributed by atoms with Crippen LogP contribution in [0.1, 0.15) is 15.9 Å². The second-order valence-corrected chi connectivity index (χ2v) is 4.52. The fourth-order valence-corrected chi connectivity index (χ4v) is 1.93. The molecule has 0 saturated carbocycles. The average molecular weight is 289 g/mol. The van der Waals surface area contributed by atoms with Crippen molar-refractivity contribution in [1.82, 2.24) is 5.32 Å². The molecule has 2 aromatic carbocycles. The first kappa shape index (κ1) is 14.8. The zero-order valence-electron chi connectivity index (χ0n) is 11.6. The fraction of sp³-hybridized carbons (Fsp3) is 0.188. The topological polar surface area (TPSA) is 58.6 Å². The molecule has 0 heterocycles. The Labute approximate surface area is 122 Å². The molecule has 5 heteroatoms. The summed E-state index contributed by atoms with van der Waals surface area (Å²) in [6.45, 7) is 0.346. The van der Waals surface area contributed by atoms with E-state index in [1.54, 1.807) is 18.2 Å². The van der Waals surface area contributed by atoms with Crippen LogP contribution in [0.25, 0.3) is 0 Å². The van der Waals surface area contributed by atoms with E-state index in [2.05, 4.69) is 5.32 Å². The molecule has 0 aromatic heterocycles. The van der Waals surface area contributed by atoms with Crippen LogP contribution < -0.4 is 10.1 Å². The van der Waals surface area contributed by atoms with Gasteiger partial charge in [0.15, 0.2) is 0 Å². The summed E-state index contributed by atoms with van der Waals surface area (Å²) < 4.78 is 18.0. The number of nitrogens with one attached hydrogen (secondary N) is 1. The average Bonchev–Trinajstić information content (AvgIpc) is 2.47. The minimum absolute atomic E-state index is 0.112. The van der Waals surface area contributed by atoms with Gasteiger partial charge in [-0.3, -0.25) is 4.79 Å². The molecule has 4 nitrogen and oxygen atoms in total. The molecule has 110 valence electrons. The molecule has 21 heavy (non-hydrogen) atoms. The van der Waals surface area contributed by atoms with Crippen LogP contribution in [-0.2, 0) is 6.42 Å². The number of benzene rings is 2. The van der Waals surface area contributed by atoms with E-state index >= 15 is 0 Å². The van der Waals surface area contributed by atoms with Gasteiger partial charge in [0, 0.05) is 6.54 Å². The molecule has 0 aliphatic carbocycles. The first-order valence-electron chi connectivity index (χ1n) is 6.50. The number of aromatic hydroxyl groups is 1. The van der Waals surface area contributed by atoms with E-state index in [0.717, 1.165) is 5.56 Å². The lowest BCUT2D eigenvalue weighted by Gasteiger charge is -2.08. The van der Waals surface area contributed by atoms with Crippen LogP contribution in [-0.4, -0.2) is 24.7 Å². The maximum absolute atomic E-state index is 13.0. The normalized spacial score (nSPS) is 10.2. The molecular formula is C16H16FNO3. The molecule has 0 aliphatic heterocycles. The van der Waals surface area contributed by atoms with Gasteiger partial charge in [-0.25, -0.2) is 4.39 Å². The van der Waals surface area contributed by atoms with E-state index in [1.807, 2.05) is 0 Å². The van der Waals surface area contributed by atoms with E-state index in [-0.39, 0.29) is 17.1 Å². The van der Waals surface area contributed by atoms with Crippen molar-refractivity contribution < 1.29 is 19.0 Å². The summed E-state index contributed by atoms with van der Waals surface area (Å²) in [5.74, 6) is -0.325. The summed E-state index contributed by atoms with van der Waals surface area (Å²) >= 11 is 0. The van der Waals surface area contributed by atoms with Gasteiger partial charge in [0.1, 0.15) is 17.3 Å². The molecule has 0 unspecified atom stereocenters. The first-order chi connectivity index (χ1) is 10.1. The molecule has 2 rings (SSSR count). The molecule has 1 amide bonds. The van der Waals surface area contributed by atoms with Crippen LogP contribution in [0.15, 0.2) is 42.5 Å². The lowest BCUT2D eigenvalue weighted by Crippen LogP contribution is -2.25. The van der Waals surface area contributed by atoms with Gasteiger partial charge in [0.05, 0.1) is 12.7 Å². The third-order valence-electron chi connectivity index (χ3n) is 3.04. The minimum atomic E-state index is -0.400. The van der Waals surface area contributed by atoms with Gasteiger partial charge in [-0.1, -0.05) is 12.1 Å². The standard InChI is InChI=1S/C16H16FNO3/c1-21-13-5-6-15(19)14(10-13)16(20)18-8-7-11-3-2-4-12(17)9-11/h2-6,9-10,19H,7-8H2,1H3,(H,18,20). The molecule has 0 spiro atoms. The zero-order valence-corrected chi connectivity index (χ0v) is 11.6. The Morgan fingerprint density at radius 1 is 1.29 bits per heavy atom. The molecule has 0 aliphatic rings. The largest absolute Gasteiger partial charge is 0.507 e. The van der Waals surface area contributed by atoms with E-state index in [4.69, 9.17) is 4.74 Å². The van der Waals surface area contributed by atoms with Crippen molar-refractivity contribution in [3.63, 3.8) is 0 Å². The SMILES string of the molecule is COc1ccc(O)c(C(=O)NCCc2cccc(F)c2)c1. The van der Waals surface area contributed by atoms with Crippen LogP contribution in [0.2, 0.25) is 0 Å². The highest BCUT2D eigenvalue weighted by Crippen LogP contribution is 2.22. The maximum atomic E-state index is 13.0. The van der Waals surface area contributed by atoms with Crippen LogP contribution in [0.5, 0.6) is 11.5 Å². The van der Waals surface area contributed by atoms with Gasteiger partial charge in [-0.15, -0.1) is 0 Å². The van der Waals surface area contributed by atoms with Crippen LogP contribution in [0, 0.1) is 5.82 Å². The van der Waals surface area contributed by atoms with Crippen molar-refractivity contribution in [3.8, 4) is 11.5 Å². The minimum Gasteiger partial charge on any atom is -0.507 e. The predicted molar refractivity (Wildman–Crippen MR) is 77.1 cm³/mol. The Balaban J connectivity index is 1.96. The van der Waals surface area contributed by atoms with Crippen molar-refractivity contribution in [2.75, 3.05) is 13.7 Å². The molecule has 0 saturated heterocycles. The van der Waals surface area contributed by atoms with Crippen LogP contribution in [0.3, 0.4) is 0 Å². The number of ether oxygens (including phenoxy) is 1. The van der Waals surface area contributed by atoms with E-state index in [9.17, 15) is 14.3 Å². The third-order valence-corrected chi connectivity index (χ3v) is 3.04. The number of hydrogen-bond acceptors (Lipinski definition) is 3. The Kier molecular flexibility index (Phi) is 4.77. The number of carbonyl (C=O) groups excluding carboxylic acids is 1. The first-order valence-corrected chi connectivity index (χ1v) is 6.50. The number of hydrogen-bond donors (Lipinski definition) is 2. The van der Waals surface area contributed by atoms with Gasteiger partial charge < -0.3 is 15.2 Å². The lowest BCUT2D eigenvalue weighted by atomic mass is 10.1. The van der Waals surface area contributed by atoms with E-state index in [1.165, 1.54) is 31.4 Å². The molecule has 0 bridgehead atoms. The number of phenolic OH excluding ortho intramolecular Hbond substituents is 1. The number of halogens is 1. The lowest BCUT2D eigenvalue weighted by molar-refractivity contribution is 0.0951. The maximum Gasteiger partial charge on any atom is 0.255 e. The highest BCUT2D eigenvalue weighted by atomic mass is 19.1. The monoisotopic (exact) mass is 289 g/mol. The molecule has 0 atom stereocenters. The summed E-state index contributed by atoms with van der Waals surface area (Å²) in [5, 5.41) is 12.4. The van der Waals surface area contributed by atoms with E-state index < -0.39 is 5.91 Å². The number of methoxy groups -OCH3 is 1. The van der Waals surface area contributed by atoms with Gasteiger partial charge in [0.2, 0.25) is 0 Å². The number of amides is 1. The fourth-order valence-electron chi connectivity index (χ4n) is 1.93. The van der Waals surface area contributed by atoms with Gasteiger partial charge in [-0.05, 0) is 42.3 Å². The summed E-state index contributed by atoms with van der Waals surface area (Å²) in [5.41, 5.74) is 0.943. The number of rotatable bonds is 5. The van der Waals surface area contributed by atoms with Crippen LogP contribution >= 0.6 is 0 Å². The summed E-state index contributed by atoms with van der Waals surface area (Å²) in [6, 6.07) is 10.6. The second-order valence-electron chi connectivity index (χ2n) is 4.52. The highest BCUT2D eigenvalue weighted by molar-refractivity contribution is 5.97. The van der Waals surface area contributed by atoms with Crippen molar-refractivity contribution in [2.24, 2.45) is 0 Å². The quantitative estimate of drug-likeness (QED) is 0.889. The van der Waals surface area contributed by atoms with Gasteiger partial charge in [0.25, 0.3) is 5.91 Å². The third kappa shape index (κ3) is 3.95. The Morgan fingerprint density at radius 3 is 2.81 bits per heavy atom. The van der Waals surface area contributed by atoms with E-state index in [0.29, 0.717) is 18.7 Å². The molecule has 2 N–H and O–H groups in total. The van der Waals surface area contributed by atoms with Gasteiger partial charge >= 0.3 is 0 Å². The summed E-state index contributed by atoms with van der Waals surface area (Å²) in [6.07, 6.45) is 0.508. The van der Waals surface area contributed by atoms with Crippen molar-refractivity contribution >= 4 is 5.91 Å². The summed E-state index contributed by atoms with van der Waals surface area (Å²) in [7, 11) is 1.48. The van der Waals surface area contributed by atoms with Gasteiger partial charge in [-0.2, -0.15) is 0 Å². The van der Waals surface area contributed by atoms with Crippen LogP contribution in [0.4, 0.5) is 4.39 Å². The molecule has 0 fully saturated rings. The Bertz CT molecular complexity index is 643. The van der Waals surface area contributed by atoms with Crippen molar-refractivity contribution in [1.29, 1.82) is 0 Å². The zero-order chi connectivity index (χ0) is 15.2. The summed E-state index contributed by atoms with van der Waals surface area (Å²) in [4.78, 5) is 12.0. The highest BCUT2D eigenvalue weighted by Gasteiger charge is 2.11. The number of carbonyl (C=O) groups is 1. The number of phenols is 1. The molecule has 2 aromatic rings. The van der Waals surface area contributed by atoms with Crippen molar-refractivity contribution in [2.45, 2.75) is 6.42 Å². The molecule has 0 radical (unpaired) electrons. The van der Waals surface area contributed by atoms with Crippen molar-refractivity contribution in [3.05, 3.63) is 59.4 Å².